The van der Waals surface area contributed by atoms with Crippen molar-refractivity contribution < 1.29 is 4.39 Å². The highest BCUT2D eigenvalue weighted by atomic mass is 32.1. The van der Waals surface area contributed by atoms with E-state index in [1.807, 2.05) is 0 Å². The van der Waals surface area contributed by atoms with E-state index in [0.717, 1.165) is 10.7 Å². The normalized spacial score (nSPS) is 10.3. The van der Waals surface area contributed by atoms with Crippen molar-refractivity contribution in [2.45, 2.75) is 6.54 Å². The Hall–Kier alpha value is -1.53. The summed E-state index contributed by atoms with van der Waals surface area (Å²) >= 11 is 1.38. The smallest absolute Gasteiger partial charge is 0.210 e. The zero-order valence-corrected chi connectivity index (χ0v) is 8.59. The molecule has 0 aliphatic heterocycles. The number of benzene rings is 1. The summed E-state index contributed by atoms with van der Waals surface area (Å²) in [5.41, 5.74) is 6.18. The lowest BCUT2D eigenvalue weighted by atomic mass is 10.3. The van der Waals surface area contributed by atoms with Crippen LogP contribution in [0.2, 0.25) is 0 Å². The van der Waals surface area contributed by atoms with E-state index < -0.39 is 0 Å². The molecule has 2 aromatic rings. The Morgan fingerprint density at radius 2 is 2.00 bits per heavy atom. The summed E-state index contributed by atoms with van der Waals surface area (Å²) < 4.78 is 12.6. The minimum atomic E-state index is -0.263. The van der Waals surface area contributed by atoms with E-state index in [-0.39, 0.29) is 5.82 Å². The van der Waals surface area contributed by atoms with E-state index in [0.29, 0.717) is 11.7 Å². The van der Waals surface area contributed by atoms with Crippen molar-refractivity contribution in [3.8, 4) is 0 Å². The third kappa shape index (κ3) is 2.48. The first kappa shape index (κ1) is 10.0. The second kappa shape index (κ2) is 4.33. The fourth-order valence-electron chi connectivity index (χ4n) is 1.04. The van der Waals surface area contributed by atoms with Crippen molar-refractivity contribution in [3.05, 3.63) is 35.1 Å². The predicted octanol–water partition coefficient (Wildman–Crippen LogP) is 1.88. The summed E-state index contributed by atoms with van der Waals surface area (Å²) in [4.78, 5) is 0. The number of nitrogens with two attached hydrogens (primary N) is 1. The van der Waals surface area contributed by atoms with Gasteiger partial charge in [-0.3, -0.25) is 0 Å². The van der Waals surface area contributed by atoms with E-state index >= 15 is 0 Å². The highest BCUT2D eigenvalue weighted by molar-refractivity contribution is 7.15. The lowest BCUT2D eigenvalue weighted by Gasteiger charge is -2.00. The van der Waals surface area contributed by atoms with E-state index in [9.17, 15) is 4.39 Å². The summed E-state index contributed by atoms with van der Waals surface area (Å²) in [5, 5.41) is 12.2. The highest BCUT2D eigenvalue weighted by Gasteiger charge is 2.02. The van der Waals surface area contributed by atoms with Gasteiger partial charge < -0.3 is 11.1 Å². The third-order valence-corrected chi connectivity index (χ3v) is 2.60. The Balaban J connectivity index is 2.11. The van der Waals surface area contributed by atoms with Gasteiger partial charge >= 0.3 is 0 Å². The van der Waals surface area contributed by atoms with Crippen LogP contribution in [0.25, 0.3) is 0 Å². The second-order valence-corrected chi connectivity index (χ2v) is 3.90. The van der Waals surface area contributed by atoms with E-state index in [1.165, 1.54) is 23.5 Å². The molecule has 1 aromatic carbocycles. The molecule has 6 heteroatoms. The van der Waals surface area contributed by atoms with Gasteiger partial charge in [0, 0.05) is 12.2 Å². The largest absolute Gasteiger partial charge is 0.330 e. The van der Waals surface area contributed by atoms with Crippen molar-refractivity contribution in [2.24, 2.45) is 5.73 Å². The van der Waals surface area contributed by atoms with Crippen LogP contribution >= 0.6 is 11.3 Å². The Morgan fingerprint density at radius 1 is 1.27 bits per heavy atom. The molecule has 1 heterocycles. The number of aromatic nitrogens is 2. The van der Waals surface area contributed by atoms with Gasteiger partial charge in [-0.2, -0.15) is 0 Å². The SMILES string of the molecule is NCc1nnc(Nc2ccc(F)cc2)s1. The van der Waals surface area contributed by atoms with Gasteiger partial charge in [0.1, 0.15) is 10.8 Å². The fraction of sp³-hybridized carbons (Fsp3) is 0.111. The monoisotopic (exact) mass is 224 g/mol. The third-order valence-electron chi connectivity index (χ3n) is 1.74. The van der Waals surface area contributed by atoms with Crippen LogP contribution < -0.4 is 11.1 Å². The molecule has 0 saturated carbocycles. The fourth-order valence-corrected chi connectivity index (χ4v) is 1.68. The van der Waals surface area contributed by atoms with Gasteiger partial charge in [0.05, 0.1) is 0 Å². The molecule has 0 bridgehead atoms. The van der Waals surface area contributed by atoms with Crippen LogP contribution in [0.4, 0.5) is 15.2 Å². The molecule has 15 heavy (non-hydrogen) atoms. The van der Waals surface area contributed by atoms with E-state index in [2.05, 4.69) is 15.5 Å². The van der Waals surface area contributed by atoms with Gasteiger partial charge in [-0.05, 0) is 24.3 Å². The van der Waals surface area contributed by atoms with E-state index in [1.54, 1.807) is 12.1 Å². The Labute approximate surface area is 90.0 Å². The van der Waals surface area contributed by atoms with Crippen molar-refractivity contribution in [3.63, 3.8) is 0 Å². The second-order valence-electron chi connectivity index (χ2n) is 2.84. The maximum atomic E-state index is 12.6. The van der Waals surface area contributed by atoms with Crippen LogP contribution in [0.3, 0.4) is 0 Å². The quantitative estimate of drug-likeness (QED) is 0.835. The van der Waals surface area contributed by atoms with Gasteiger partial charge in [-0.15, -0.1) is 10.2 Å². The van der Waals surface area contributed by atoms with E-state index in [4.69, 9.17) is 5.73 Å². The zero-order chi connectivity index (χ0) is 10.7. The topological polar surface area (TPSA) is 63.8 Å². The number of hydrogen-bond acceptors (Lipinski definition) is 5. The molecule has 3 N–H and O–H groups in total. The molecule has 0 atom stereocenters. The van der Waals surface area contributed by atoms with Gasteiger partial charge in [0.25, 0.3) is 0 Å². The van der Waals surface area contributed by atoms with Crippen LogP contribution in [-0.2, 0) is 6.54 Å². The van der Waals surface area contributed by atoms with Crippen LogP contribution in [0.1, 0.15) is 5.01 Å². The zero-order valence-electron chi connectivity index (χ0n) is 7.77. The molecule has 0 amide bonds. The molecule has 0 radical (unpaired) electrons. The molecular formula is C9H9FN4S. The molecule has 0 spiro atoms. The first-order chi connectivity index (χ1) is 7.28. The number of anilines is 2. The van der Waals surface area contributed by atoms with Crippen molar-refractivity contribution in [1.82, 2.24) is 10.2 Å². The number of nitrogens with one attached hydrogen (secondary N) is 1. The molecule has 0 unspecified atom stereocenters. The van der Waals surface area contributed by atoms with Gasteiger partial charge in [-0.1, -0.05) is 11.3 Å². The minimum absolute atomic E-state index is 0.263. The Morgan fingerprint density at radius 3 is 2.60 bits per heavy atom. The Kier molecular flexibility index (Phi) is 2.89. The lowest BCUT2D eigenvalue weighted by molar-refractivity contribution is 0.628. The summed E-state index contributed by atoms with van der Waals surface area (Å²) in [6.45, 7) is 0.378. The Bertz CT molecular complexity index is 440. The summed E-state index contributed by atoms with van der Waals surface area (Å²) in [6.07, 6.45) is 0. The molecule has 4 nitrogen and oxygen atoms in total. The van der Waals surface area contributed by atoms with Crippen molar-refractivity contribution in [2.75, 3.05) is 5.32 Å². The average Bonchev–Trinajstić information content (AvgIpc) is 2.69. The number of halogens is 1. The van der Waals surface area contributed by atoms with Gasteiger partial charge in [-0.25, -0.2) is 4.39 Å². The maximum absolute atomic E-state index is 12.6. The number of nitrogens with zero attached hydrogens (tertiary/aromatic N) is 2. The summed E-state index contributed by atoms with van der Waals surface area (Å²) in [7, 11) is 0. The average molecular weight is 224 g/mol. The molecule has 78 valence electrons. The molecule has 0 saturated heterocycles. The molecule has 0 aliphatic carbocycles. The van der Waals surface area contributed by atoms with Crippen molar-refractivity contribution in [1.29, 1.82) is 0 Å². The minimum Gasteiger partial charge on any atom is -0.330 e. The number of hydrogen-bond donors (Lipinski definition) is 2. The lowest BCUT2D eigenvalue weighted by Crippen LogP contribution is -1.94. The van der Waals surface area contributed by atoms with Gasteiger partial charge in [0.15, 0.2) is 0 Å². The maximum Gasteiger partial charge on any atom is 0.210 e. The van der Waals surface area contributed by atoms with Crippen LogP contribution in [0.15, 0.2) is 24.3 Å². The molecule has 0 fully saturated rings. The first-order valence-corrected chi connectivity index (χ1v) is 5.14. The van der Waals surface area contributed by atoms with Crippen molar-refractivity contribution >= 4 is 22.2 Å². The van der Waals surface area contributed by atoms with Gasteiger partial charge in [0.2, 0.25) is 5.13 Å². The number of rotatable bonds is 3. The predicted molar refractivity (Wildman–Crippen MR) is 57.5 cm³/mol. The highest BCUT2D eigenvalue weighted by Crippen LogP contribution is 2.20. The molecule has 0 aliphatic rings. The molecular weight excluding hydrogens is 215 g/mol. The van der Waals surface area contributed by atoms with Crippen LogP contribution in [-0.4, -0.2) is 10.2 Å². The summed E-state index contributed by atoms with van der Waals surface area (Å²) in [5.74, 6) is -0.263. The van der Waals surface area contributed by atoms with Crippen LogP contribution in [0.5, 0.6) is 0 Å². The van der Waals surface area contributed by atoms with Crippen LogP contribution in [0, 0.1) is 5.82 Å². The first-order valence-electron chi connectivity index (χ1n) is 4.33. The molecule has 1 aromatic heterocycles. The summed E-state index contributed by atoms with van der Waals surface area (Å²) in [6, 6.07) is 6.04. The molecule has 2 rings (SSSR count). The standard InChI is InChI=1S/C9H9FN4S/c10-6-1-3-7(4-2-6)12-9-14-13-8(5-11)15-9/h1-4H,5,11H2,(H,12,14).